The van der Waals surface area contributed by atoms with E-state index in [4.69, 9.17) is 23.3 Å². The van der Waals surface area contributed by atoms with E-state index in [9.17, 15) is 34.4 Å². The largest absolute Gasteiger partial charge is 0.472 e. The van der Waals surface area contributed by atoms with Crippen molar-refractivity contribution >= 4 is 19.8 Å². The molecule has 0 amide bonds. The predicted molar refractivity (Wildman–Crippen MR) is 246 cm³/mol. The molecule has 1 rings (SSSR count). The van der Waals surface area contributed by atoms with Crippen LogP contribution in [0.5, 0.6) is 0 Å². The summed E-state index contributed by atoms with van der Waals surface area (Å²) in [6, 6.07) is 0. The van der Waals surface area contributed by atoms with Crippen LogP contribution >= 0.6 is 7.82 Å². The molecule has 4 N–H and O–H groups in total. The highest BCUT2D eigenvalue weighted by Gasteiger charge is 2.35. The number of quaternary nitrogens is 1. The SMILES string of the molecule is CCCCC/C=C\C/C=C\CCCCCCCCCC(=O)OC[C@H](COP(=O)(O)OCC[N+](C)(C)C)OC(=O)CCC/C=C\C[C@H]1[C@@H](O)CC(O)O[C@@H]1/C=C/[C@@H](O)CCCCC. The first-order chi connectivity index (χ1) is 29.7. The zero-order valence-corrected chi connectivity index (χ0v) is 40.0. The maximum absolute atomic E-state index is 12.8. The van der Waals surface area contributed by atoms with E-state index >= 15 is 0 Å². The molecule has 62 heavy (non-hydrogen) atoms. The summed E-state index contributed by atoms with van der Waals surface area (Å²) in [5.41, 5.74) is 0. The fourth-order valence-corrected chi connectivity index (χ4v) is 7.53. The van der Waals surface area contributed by atoms with Gasteiger partial charge in [0.05, 0.1) is 46.1 Å². The van der Waals surface area contributed by atoms with Crippen LogP contribution in [-0.2, 0) is 37.4 Å². The van der Waals surface area contributed by atoms with Crippen LogP contribution in [-0.4, -0.2) is 115 Å². The predicted octanol–water partition coefficient (Wildman–Crippen LogP) is 9.57. The summed E-state index contributed by atoms with van der Waals surface area (Å²) in [6.07, 6.45) is 32.0. The monoisotopic (exact) mass is 901 g/mol. The summed E-state index contributed by atoms with van der Waals surface area (Å²) < 4.78 is 40.0. The van der Waals surface area contributed by atoms with Crippen molar-refractivity contribution in [2.75, 3.05) is 47.5 Å². The molecular weight excluding hydrogens is 813 g/mol. The maximum Gasteiger partial charge on any atom is 0.472 e. The summed E-state index contributed by atoms with van der Waals surface area (Å²) in [4.78, 5) is 35.7. The Balaban J connectivity index is 2.51. The summed E-state index contributed by atoms with van der Waals surface area (Å²) in [7, 11) is 1.30. The van der Waals surface area contributed by atoms with E-state index in [0.29, 0.717) is 43.1 Å². The van der Waals surface area contributed by atoms with Crippen LogP contribution in [0.15, 0.2) is 48.6 Å². The van der Waals surface area contributed by atoms with E-state index in [-0.39, 0.29) is 38.4 Å². The van der Waals surface area contributed by atoms with Gasteiger partial charge in [0.1, 0.15) is 19.8 Å². The Morgan fingerprint density at radius 2 is 1.35 bits per heavy atom. The molecule has 0 bridgehead atoms. The first-order valence-corrected chi connectivity index (χ1v) is 25.3. The molecule has 7 atom stereocenters. The van der Waals surface area contributed by atoms with E-state index in [1.165, 1.54) is 44.9 Å². The number of esters is 2. The second-order valence-corrected chi connectivity index (χ2v) is 19.1. The molecule has 0 aromatic heterocycles. The standard InChI is InChI=1S/C48H86NO12P/c1-6-8-10-11-12-13-14-15-16-17-18-19-20-21-22-23-28-32-46(52)57-39-42(40-59-62(55,56)58-37-36-49(3,4)5)60-47(53)33-29-25-24-27-31-43-44(51)38-48(54)61-45(43)35-34-41(50)30-26-9-7-2/h12-13,15-16,24,27,34-35,41-45,48,50-51,54H,6-11,14,17-23,25-26,28-33,36-40H2,1-5H3/p+1/b13-12-,16-15-,27-24-,35-34+/t41-,42+,43-,44-,45+,48?/m0/s1. The van der Waals surface area contributed by atoms with Gasteiger partial charge >= 0.3 is 19.8 Å². The number of carbonyl (C=O) groups excluding carboxylic acids is 2. The fraction of sp³-hybridized carbons (Fsp3) is 0.792. The van der Waals surface area contributed by atoms with Gasteiger partial charge in [-0.3, -0.25) is 18.6 Å². The van der Waals surface area contributed by atoms with Crippen molar-refractivity contribution < 1.29 is 62.1 Å². The van der Waals surface area contributed by atoms with Crippen molar-refractivity contribution in [2.45, 2.75) is 192 Å². The van der Waals surface area contributed by atoms with Crippen LogP contribution in [0.3, 0.4) is 0 Å². The molecule has 2 unspecified atom stereocenters. The van der Waals surface area contributed by atoms with Gasteiger partial charge in [0.15, 0.2) is 12.4 Å². The number of aliphatic hydroxyl groups is 3. The first-order valence-electron chi connectivity index (χ1n) is 23.8. The summed E-state index contributed by atoms with van der Waals surface area (Å²) >= 11 is 0. The molecule has 0 spiro atoms. The van der Waals surface area contributed by atoms with Crippen molar-refractivity contribution in [2.24, 2.45) is 5.92 Å². The lowest BCUT2D eigenvalue weighted by molar-refractivity contribution is -0.870. The number of allylic oxidation sites excluding steroid dienone is 6. The second kappa shape index (κ2) is 36.1. The maximum atomic E-state index is 12.8. The van der Waals surface area contributed by atoms with Gasteiger partial charge in [-0.25, -0.2) is 4.57 Å². The van der Waals surface area contributed by atoms with E-state index in [1.54, 1.807) is 12.2 Å². The molecule has 1 saturated heterocycles. The number of hydrogen-bond acceptors (Lipinski definition) is 11. The Morgan fingerprint density at radius 3 is 2.03 bits per heavy atom. The number of carbonyl (C=O) groups is 2. The van der Waals surface area contributed by atoms with Gasteiger partial charge in [0.2, 0.25) is 0 Å². The van der Waals surface area contributed by atoms with Gasteiger partial charge in [-0.2, -0.15) is 0 Å². The average molecular weight is 901 g/mol. The summed E-state index contributed by atoms with van der Waals surface area (Å²) in [6.45, 7) is 3.96. The van der Waals surface area contributed by atoms with E-state index in [0.717, 1.165) is 51.4 Å². The molecule has 0 aliphatic carbocycles. The van der Waals surface area contributed by atoms with Crippen molar-refractivity contribution in [3.63, 3.8) is 0 Å². The number of unbranched alkanes of at least 4 members (excludes halogenated alkanes) is 13. The van der Waals surface area contributed by atoms with Crippen molar-refractivity contribution in [3.8, 4) is 0 Å². The normalized spacial score (nSPS) is 20.7. The zero-order valence-electron chi connectivity index (χ0n) is 39.1. The van der Waals surface area contributed by atoms with Crippen molar-refractivity contribution in [1.29, 1.82) is 0 Å². The Bertz CT molecular complexity index is 1320. The van der Waals surface area contributed by atoms with Gasteiger partial charge in [-0.05, 0) is 64.2 Å². The molecule has 360 valence electrons. The van der Waals surface area contributed by atoms with Gasteiger partial charge in [0, 0.05) is 25.2 Å². The molecule has 0 radical (unpaired) electrons. The highest BCUT2D eigenvalue weighted by molar-refractivity contribution is 7.47. The Labute approximate surface area is 375 Å². The molecule has 1 aliphatic heterocycles. The smallest absolute Gasteiger partial charge is 0.462 e. The van der Waals surface area contributed by atoms with Crippen LogP contribution in [0.4, 0.5) is 0 Å². The van der Waals surface area contributed by atoms with Gasteiger partial charge in [-0.1, -0.05) is 127 Å². The number of phosphoric acid groups is 1. The van der Waals surface area contributed by atoms with E-state index in [2.05, 4.69) is 38.2 Å². The van der Waals surface area contributed by atoms with Crippen molar-refractivity contribution in [1.82, 2.24) is 0 Å². The minimum absolute atomic E-state index is 0.0206. The topological polar surface area (TPSA) is 178 Å². The minimum Gasteiger partial charge on any atom is -0.462 e. The number of hydrogen-bond donors (Lipinski definition) is 4. The average Bonchev–Trinajstić information content (AvgIpc) is 3.20. The molecular formula is C48H87NO12P+. The Morgan fingerprint density at radius 1 is 0.758 bits per heavy atom. The lowest BCUT2D eigenvalue weighted by Crippen LogP contribution is -2.43. The number of aliphatic hydroxyl groups excluding tert-OH is 3. The number of phosphoric ester groups is 1. The second-order valence-electron chi connectivity index (χ2n) is 17.7. The van der Waals surface area contributed by atoms with Crippen LogP contribution in [0.25, 0.3) is 0 Å². The molecule has 1 heterocycles. The molecule has 1 fully saturated rings. The molecule has 0 saturated carbocycles. The van der Waals surface area contributed by atoms with Crippen LogP contribution in [0, 0.1) is 5.92 Å². The third kappa shape index (κ3) is 33.3. The molecule has 0 aromatic rings. The molecule has 13 nitrogen and oxygen atoms in total. The highest BCUT2D eigenvalue weighted by atomic mass is 31.2. The molecule has 0 aromatic carbocycles. The quantitative estimate of drug-likeness (QED) is 0.0152. The lowest BCUT2D eigenvalue weighted by Gasteiger charge is -2.36. The third-order valence-electron chi connectivity index (χ3n) is 10.6. The molecule has 14 heteroatoms. The highest BCUT2D eigenvalue weighted by Crippen LogP contribution is 2.43. The number of rotatable bonds is 38. The van der Waals surface area contributed by atoms with Gasteiger partial charge in [0.25, 0.3) is 0 Å². The number of ether oxygens (including phenoxy) is 3. The van der Waals surface area contributed by atoms with E-state index in [1.807, 2.05) is 33.3 Å². The van der Waals surface area contributed by atoms with Crippen molar-refractivity contribution in [3.05, 3.63) is 48.6 Å². The Hall–Kier alpha value is -2.19. The molecule has 1 aliphatic rings. The van der Waals surface area contributed by atoms with Crippen LogP contribution in [0.1, 0.15) is 162 Å². The van der Waals surface area contributed by atoms with Crippen LogP contribution < -0.4 is 0 Å². The van der Waals surface area contributed by atoms with Gasteiger partial charge < -0.3 is 38.9 Å². The zero-order chi connectivity index (χ0) is 45.9. The van der Waals surface area contributed by atoms with Gasteiger partial charge in [-0.15, -0.1) is 0 Å². The van der Waals surface area contributed by atoms with E-state index < -0.39 is 57.1 Å². The Kier molecular flexibility index (Phi) is 33.6. The third-order valence-corrected chi connectivity index (χ3v) is 11.6. The first kappa shape index (κ1) is 57.8. The fourth-order valence-electron chi connectivity index (χ4n) is 6.79. The minimum atomic E-state index is -4.46. The summed E-state index contributed by atoms with van der Waals surface area (Å²) in [5.74, 6) is -1.32. The number of nitrogens with zero attached hydrogens (tertiary/aromatic N) is 1. The summed E-state index contributed by atoms with van der Waals surface area (Å²) in [5, 5.41) is 31.1. The number of likely N-dealkylation sites (N-methyl/N-ethyl adjacent to an activating group) is 1. The van der Waals surface area contributed by atoms with Crippen LogP contribution in [0.2, 0.25) is 0 Å². The lowest BCUT2D eigenvalue weighted by atomic mass is 9.87.